The van der Waals surface area contributed by atoms with Gasteiger partial charge in [-0.3, -0.25) is 9.59 Å². The zero-order valence-corrected chi connectivity index (χ0v) is 30.9. The minimum absolute atomic E-state index is 0. The molecule has 4 aliphatic rings. The van der Waals surface area contributed by atoms with Crippen molar-refractivity contribution in [1.29, 1.82) is 0 Å². The third-order valence-corrected chi connectivity index (χ3v) is 9.46. The number of halogens is 3. The summed E-state index contributed by atoms with van der Waals surface area (Å²) in [7, 11) is 0. The summed E-state index contributed by atoms with van der Waals surface area (Å²) in [6.07, 6.45) is 6.58. The number of anilines is 2. The minimum atomic E-state index is -1.28. The molecule has 0 unspecified atom stereocenters. The smallest absolute Gasteiger partial charge is 0.341 e. The topological polar surface area (TPSA) is 178 Å². The van der Waals surface area contributed by atoms with Crippen LogP contribution in [-0.2, 0) is 25.9 Å². The maximum atomic E-state index is 14.6. The molecule has 2 saturated carbocycles. The monoisotopic (exact) mass is 901 g/mol. The van der Waals surface area contributed by atoms with Crippen LogP contribution in [0, 0.1) is 11.6 Å². The molecule has 275 valence electrons. The number of hydrogen-bond acceptors (Lipinski definition) is 8. The van der Waals surface area contributed by atoms with E-state index in [0.29, 0.717) is 48.6 Å². The molecule has 8 rings (SSSR count). The second kappa shape index (κ2) is 16.2. The fourth-order valence-electron chi connectivity index (χ4n) is 6.63. The molecule has 4 fully saturated rings. The molecule has 0 amide bonds. The summed E-state index contributed by atoms with van der Waals surface area (Å²) in [5, 5.41) is 25.2. The molecule has 0 atom stereocenters. The SMILES string of the molecule is Cl.O=C(O)c1cn(C2CC2)c2cc(N3CCNCC3)c(F)cc2c1=O.O=C(O)c1cn(C2CC2)c2cc(N3CCNCC3)c(F)cc2c1=O.[O-2].[Re]. The normalized spacial score (nSPS) is 17.1. The Hall–Kier alpha value is -3.91. The number of nitrogens with zero attached hydrogens (tertiary/aromatic N) is 4. The van der Waals surface area contributed by atoms with Gasteiger partial charge in [0, 0.05) is 108 Å². The number of nitrogens with one attached hydrogen (secondary N) is 2. The molecule has 4 heterocycles. The van der Waals surface area contributed by atoms with E-state index in [1.165, 1.54) is 24.5 Å². The van der Waals surface area contributed by atoms with Crippen molar-refractivity contribution in [1.82, 2.24) is 19.8 Å². The number of carbonyl (C=O) groups is 2. The molecule has 0 spiro atoms. The second-order valence-corrected chi connectivity index (χ2v) is 12.7. The number of fused-ring (bicyclic) bond motifs is 2. The summed E-state index contributed by atoms with van der Waals surface area (Å²) in [5.41, 5.74) is 0.319. The molecule has 13 nitrogen and oxygen atoms in total. The van der Waals surface area contributed by atoms with Crippen molar-refractivity contribution >= 4 is 57.5 Å². The first-order valence-electron chi connectivity index (χ1n) is 16.3. The standard InChI is InChI=1S/2C17H18FN3O3.ClH.O.Re/c2*18-13-7-11-14(8-15(13)20-5-3-19-4-6-20)21(10-1-2-10)9-12(16(11)22)17(23)24;;;/h2*7-10,19H,1-6H2,(H,23,24);1H;;/q;;;-2;. The molecular weight excluding hydrogens is 864 g/mol. The van der Waals surface area contributed by atoms with E-state index in [9.17, 15) is 38.2 Å². The Balaban J connectivity index is 0.000000216. The van der Waals surface area contributed by atoms with Gasteiger partial charge in [0.1, 0.15) is 22.8 Å². The Morgan fingerprint density at radius 3 is 1.27 bits per heavy atom. The van der Waals surface area contributed by atoms with Gasteiger partial charge in [0.15, 0.2) is 0 Å². The molecular formula is C34H37ClF2N6O7Re-2. The average Bonchev–Trinajstić information content (AvgIpc) is 4.01. The first kappa shape index (κ1) is 39.9. The number of pyridine rings is 2. The van der Waals surface area contributed by atoms with Gasteiger partial charge in [-0.15, -0.1) is 12.4 Å². The molecule has 4 N–H and O–H groups in total. The molecule has 2 saturated heterocycles. The Kier molecular flexibility index (Phi) is 12.7. The summed E-state index contributed by atoms with van der Waals surface area (Å²) in [6, 6.07) is 6.16. The van der Waals surface area contributed by atoms with E-state index >= 15 is 0 Å². The molecule has 2 aromatic carbocycles. The summed E-state index contributed by atoms with van der Waals surface area (Å²) in [5.74, 6) is -3.51. The van der Waals surface area contributed by atoms with Gasteiger partial charge in [0.2, 0.25) is 10.9 Å². The van der Waals surface area contributed by atoms with Crippen molar-refractivity contribution in [3.8, 4) is 0 Å². The van der Waals surface area contributed by atoms with E-state index in [1.54, 1.807) is 12.1 Å². The molecule has 0 bridgehead atoms. The first-order valence-corrected chi connectivity index (χ1v) is 16.3. The van der Waals surface area contributed by atoms with Crippen LogP contribution >= 0.6 is 12.4 Å². The van der Waals surface area contributed by atoms with Gasteiger partial charge in [-0.25, -0.2) is 18.4 Å². The van der Waals surface area contributed by atoms with Crippen LogP contribution in [0.3, 0.4) is 0 Å². The van der Waals surface area contributed by atoms with Crippen LogP contribution in [0.2, 0.25) is 0 Å². The van der Waals surface area contributed by atoms with Gasteiger partial charge in [-0.2, -0.15) is 0 Å². The second-order valence-electron chi connectivity index (χ2n) is 12.7. The van der Waals surface area contributed by atoms with Crippen LogP contribution in [0.4, 0.5) is 20.2 Å². The first-order chi connectivity index (χ1) is 23.1. The van der Waals surface area contributed by atoms with Crippen molar-refractivity contribution in [2.45, 2.75) is 37.8 Å². The van der Waals surface area contributed by atoms with E-state index in [2.05, 4.69) is 10.6 Å². The van der Waals surface area contributed by atoms with Crippen LogP contribution in [0.5, 0.6) is 0 Å². The summed E-state index contributed by atoms with van der Waals surface area (Å²) in [4.78, 5) is 51.4. The van der Waals surface area contributed by atoms with Gasteiger partial charge < -0.3 is 45.3 Å². The van der Waals surface area contributed by atoms with Crippen molar-refractivity contribution < 1.29 is 54.5 Å². The number of piperazine rings is 2. The minimum Gasteiger partial charge on any atom is -2.00 e. The molecule has 2 aliphatic heterocycles. The predicted molar refractivity (Wildman–Crippen MR) is 185 cm³/mol. The maximum absolute atomic E-state index is 14.6. The largest absolute Gasteiger partial charge is 2.00 e. The van der Waals surface area contributed by atoms with E-state index in [4.69, 9.17) is 0 Å². The number of aromatic nitrogens is 2. The van der Waals surface area contributed by atoms with Gasteiger partial charge in [0.25, 0.3) is 0 Å². The Bertz CT molecular complexity index is 1930. The fraction of sp³-hybridized carbons (Fsp3) is 0.412. The zero-order chi connectivity index (χ0) is 33.7. The van der Waals surface area contributed by atoms with Crippen LogP contribution in [-0.4, -0.2) is 83.6 Å². The van der Waals surface area contributed by atoms with E-state index in [1.807, 2.05) is 18.9 Å². The molecule has 2 aliphatic carbocycles. The fourth-order valence-corrected chi connectivity index (χ4v) is 6.63. The number of aromatic carboxylic acids is 2. The van der Waals surface area contributed by atoms with Crippen molar-refractivity contribution in [2.75, 3.05) is 62.2 Å². The van der Waals surface area contributed by atoms with E-state index in [0.717, 1.165) is 51.9 Å². The Labute approximate surface area is 310 Å². The molecule has 51 heavy (non-hydrogen) atoms. The van der Waals surface area contributed by atoms with Gasteiger partial charge >= 0.3 is 11.9 Å². The quantitative estimate of drug-likeness (QED) is 0.224. The molecule has 1 radical (unpaired) electrons. The molecule has 4 aromatic rings. The number of rotatable bonds is 6. The van der Waals surface area contributed by atoms with Crippen LogP contribution in [0.1, 0.15) is 58.5 Å². The Morgan fingerprint density at radius 1 is 0.647 bits per heavy atom. The Morgan fingerprint density at radius 2 is 0.980 bits per heavy atom. The van der Waals surface area contributed by atoms with Crippen LogP contribution < -0.4 is 31.3 Å². The average molecular weight is 901 g/mol. The van der Waals surface area contributed by atoms with Crippen molar-refractivity contribution in [3.05, 3.63) is 79.9 Å². The van der Waals surface area contributed by atoms with Crippen LogP contribution in [0.25, 0.3) is 21.8 Å². The summed E-state index contributed by atoms with van der Waals surface area (Å²) >= 11 is 0. The van der Waals surface area contributed by atoms with E-state index in [-0.39, 0.29) is 72.3 Å². The summed E-state index contributed by atoms with van der Waals surface area (Å²) in [6.45, 7) is 5.92. The maximum Gasteiger partial charge on any atom is 0.341 e. The number of carboxylic acids is 2. The van der Waals surface area contributed by atoms with Gasteiger partial charge in [-0.1, -0.05) is 0 Å². The number of hydrogen-bond donors (Lipinski definition) is 4. The number of carboxylic acid groups (broad SMARTS) is 2. The van der Waals surface area contributed by atoms with Crippen LogP contribution in [0.15, 0.2) is 46.2 Å². The third-order valence-electron chi connectivity index (χ3n) is 9.46. The molecule has 17 heteroatoms. The number of benzene rings is 2. The van der Waals surface area contributed by atoms with Gasteiger partial charge in [-0.05, 0) is 49.9 Å². The zero-order valence-electron chi connectivity index (χ0n) is 27.4. The van der Waals surface area contributed by atoms with Crippen molar-refractivity contribution in [3.63, 3.8) is 0 Å². The van der Waals surface area contributed by atoms with Gasteiger partial charge in [0.05, 0.1) is 22.4 Å². The predicted octanol–water partition coefficient (Wildman–Crippen LogP) is 3.47. The third kappa shape index (κ3) is 7.96. The van der Waals surface area contributed by atoms with E-state index < -0.39 is 34.4 Å². The molecule has 2 aromatic heterocycles. The summed E-state index contributed by atoms with van der Waals surface area (Å²) < 4.78 is 32.9. The van der Waals surface area contributed by atoms with Crippen molar-refractivity contribution in [2.24, 2.45) is 0 Å².